The predicted molar refractivity (Wildman–Crippen MR) is 79.0 cm³/mol. The van der Waals surface area contributed by atoms with E-state index < -0.39 is 0 Å². The van der Waals surface area contributed by atoms with Crippen molar-refractivity contribution in [3.63, 3.8) is 0 Å². The summed E-state index contributed by atoms with van der Waals surface area (Å²) in [7, 11) is 0. The van der Waals surface area contributed by atoms with Crippen LogP contribution in [0.2, 0.25) is 0 Å². The molecule has 0 amide bonds. The maximum atomic E-state index is 13.5. The minimum Gasteiger partial charge on any atom is -0.371 e. The van der Waals surface area contributed by atoms with Gasteiger partial charge in [-0.2, -0.15) is 0 Å². The van der Waals surface area contributed by atoms with Crippen molar-refractivity contribution in [2.45, 2.75) is 46.7 Å². The van der Waals surface area contributed by atoms with Gasteiger partial charge in [-0.3, -0.25) is 0 Å². The summed E-state index contributed by atoms with van der Waals surface area (Å²) in [6, 6.07) is 5.56. The summed E-state index contributed by atoms with van der Waals surface area (Å²) in [6.07, 6.45) is 1.20. The number of rotatable bonds is 4. The van der Waals surface area contributed by atoms with Crippen LogP contribution in [0.5, 0.6) is 0 Å². The number of nitrogens with one attached hydrogen (secondary N) is 1. The number of hydrogen-bond acceptors (Lipinski definition) is 2. The number of halogens is 1. The van der Waals surface area contributed by atoms with Crippen LogP contribution in [0.25, 0.3) is 0 Å². The second kappa shape index (κ2) is 5.49. The number of anilines is 1. The Morgan fingerprint density at radius 1 is 1.37 bits per heavy atom. The molecule has 1 aromatic carbocycles. The molecule has 1 aromatic rings. The van der Waals surface area contributed by atoms with E-state index in [-0.39, 0.29) is 5.82 Å². The van der Waals surface area contributed by atoms with E-state index in [0.29, 0.717) is 11.5 Å². The van der Waals surface area contributed by atoms with E-state index in [4.69, 9.17) is 0 Å². The second-order valence-corrected chi connectivity index (χ2v) is 6.64. The Kier molecular flexibility index (Phi) is 4.14. The molecule has 1 aliphatic rings. The summed E-state index contributed by atoms with van der Waals surface area (Å²) in [6.45, 7) is 11.6. The molecule has 0 aliphatic carbocycles. The normalized spacial score (nSPS) is 18.3. The molecule has 0 radical (unpaired) electrons. The fraction of sp³-hybridized carbons (Fsp3) is 0.625. The molecule has 1 saturated heterocycles. The maximum Gasteiger partial charge on any atom is 0.123 e. The molecule has 1 fully saturated rings. The molecule has 1 aliphatic heterocycles. The Labute approximate surface area is 116 Å². The molecule has 1 heterocycles. The van der Waals surface area contributed by atoms with E-state index in [1.165, 1.54) is 12.1 Å². The Balaban J connectivity index is 2.19. The van der Waals surface area contributed by atoms with Crippen LogP contribution in [0.4, 0.5) is 10.1 Å². The van der Waals surface area contributed by atoms with Crippen molar-refractivity contribution < 1.29 is 4.39 Å². The lowest BCUT2D eigenvalue weighted by Crippen LogP contribution is -2.27. The molecular weight excluding hydrogens is 239 g/mol. The highest BCUT2D eigenvalue weighted by atomic mass is 19.1. The van der Waals surface area contributed by atoms with Gasteiger partial charge in [0.1, 0.15) is 5.82 Å². The van der Waals surface area contributed by atoms with Crippen molar-refractivity contribution in [2.75, 3.05) is 18.0 Å². The minimum atomic E-state index is -0.150. The minimum absolute atomic E-state index is 0.150. The molecule has 3 heteroatoms. The Morgan fingerprint density at radius 3 is 2.68 bits per heavy atom. The molecule has 2 rings (SSSR count). The molecule has 0 bridgehead atoms. The molecule has 0 spiro atoms. The second-order valence-electron chi connectivity index (χ2n) is 6.64. The summed E-state index contributed by atoms with van der Waals surface area (Å²) in [5.74, 6) is -0.150. The zero-order valence-corrected chi connectivity index (χ0v) is 12.5. The number of hydrogen-bond donors (Lipinski definition) is 1. The molecule has 19 heavy (non-hydrogen) atoms. The average molecular weight is 264 g/mol. The number of benzene rings is 1. The van der Waals surface area contributed by atoms with Crippen LogP contribution in [-0.4, -0.2) is 19.1 Å². The first-order valence-electron chi connectivity index (χ1n) is 7.14. The molecule has 106 valence electrons. The first kappa shape index (κ1) is 14.3. The fourth-order valence-electron chi connectivity index (χ4n) is 2.64. The van der Waals surface area contributed by atoms with Crippen LogP contribution >= 0.6 is 0 Å². The number of nitrogens with zero attached hydrogens (tertiary/aromatic N) is 1. The van der Waals surface area contributed by atoms with E-state index in [2.05, 4.69) is 37.9 Å². The van der Waals surface area contributed by atoms with E-state index in [9.17, 15) is 4.39 Å². The Hall–Kier alpha value is -1.09. The van der Waals surface area contributed by atoms with Gasteiger partial charge in [0.2, 0.25) is 0 Å². The van der Waals surface area contributed by atoms with Crippen LogP contribution in [-0.2, 0) is 6.54 Å². The van der Waals surface area contributed by atoms with Gasteiger partial charge in [-0.05, 0) is 35.6 Å². The zero-order chi connectivity index (χ0) is 14.0. The predicted octanol–water partition coefficient (Wildman–Crippen LogP) is 3.56. The molecule has 0 aromatic heterocycles. The Bertz CT molecular complexity index is 440. The lowest BCUT2D eigenvalue weighted by molar-refractivity contribution is 0.418. The van der Waals surface area contributed by atoms with Gasteiger partial charge in [0.25, 0.3) is 0 Å². The highest BCUT2D eigenvalue weighted by molar-refractivity contribution is 5.55. The van der Waals surface area contributed by atoms with Crippen molar-refractivity contribution in [3.8, 4) is 0 Å². The zero-order valence-electron chi connectivity index (χ0n) is 12.5. The summed E-state index contributed by atoms with van der Waals surface area (Å²) in [5.41, 5.74) is 2.60. The largest absolute Gasteiger partial charge is 0.371 e. The molecule has 0 saturated carbocycles. The van der Waals surface area contributed by atoms with E-state index >= 15 is 0 Å². The quantitative estimate of drug-likeness (QED) is 0.894. The molecular formula is C16H25FN2. The monoisotopic (exact) mass is 264 g/mol. The van der Waals surface area contributed by atoms with Gasteiger partial charge in [-0.25, -0.2) is 4.39 Å². The molecule has 0 unspecified atom stereocenters. The van der Waals surface area contributed by atoms with E-state index in [1.807, 2.05) is 6.07 Å². The van der Waals surface area contributed by atoms with Crippen molar-refractivity contribution in [3.05, 3.63) is 29.6 Å². The standard InChI is InChI=1S/C16H25FN2/c1-12(2)18-10-13-9-14(17)5-6-15(13)19-8-7-16(3,4)11-19/h5-6,9,12,18H,7-8,10-11H2,1-4H3. The summed E-state index contributed by atoms with van der Waals surface area (Å²) >= 11 is 0. The van der Waals surface area contributed by atoms with Gasteiger partial charge in [0.15, 0.2) is 0 Å². The van der Waals surface area contributed by atoms with E-state index in [0.717, 1.165) is 25.2 Å². The third-order valence-corrected chi connectivity index (χ3v) is 3.76. The molecule has 1 N–H and O–H groups in total. The van der Waals surface area contributed by atoms with Gasteiger partial charge in [-0.15, -0.1) is 0 Å². The third kappa shape index (κ3) is 3.69. The van der Waals surface area contributed by atoms with Crippen molar-refractivity contribution in [2.24, 2.45) is 5.41 Å². The highest BCUT2D eigenvalue weighted by Crippen LogP contribution is 2.34. The van der Waals surface area contributed by atoms with Crippen LogP contribution in [0.1, 0.15) is 39.7 Å². The van der Waals surface area contributed by atoms with Crippen LogP contribution < -0.4 is 10.2 Å². The summed E-state index contributed by atoms with van der Waals surface area (Å²) in [5, 5.41) is 3.38. The maximum absolute atomic E-state index is 13.5. The lowest BCUT2D eigenvalue weighted by atomic mass is 9.93. The lowest BCUT2D eigenvalue weighted by Gasteiger charge is -2.24. The van der Waals surface area contributed by atoms with Crippen molar-refractivity contribution in [1.82, 2.24) is 5.32 Å². The summed E-state index contributed by atoms with van der Waals surface area (Å²) in [4.78, 5) is 2.39. The van der Waals surface area contributed by atoms with Gasteiger partial charge in [0, 0.05) is 31.4 Å². The van der Waals surface area contributed by atoms with Gasteiger partial charge in [-0.1, -0.05) is 27.7 Å². The smallest absolute Gasteiger partial charge is 0.123 e. The molecule has 2 nitrogen and oxygen atoms in total. The first-order chi connectivity index (χ1) is 8.87. The summed E-state index contributed by atoms with van der Waals surface area (Å²) < 4.78 is 13.5. The van der Waals surface area contributed by atoms with Crippen LogP contribution in [0, 0.1) is 11.2 Å². The van der Waals surface area contributed by atoms with Crippen LogP contribution in [0.15, 0.2) is 18.2 Å². The topological polar surface area (TPSA) is 15.3 Å². The van der Waals surface area contributed by atoms with Crippen molar-refractivity contribution in [1.29, 1.82) is 0 Å². The SMILES string of the molecule is CC(C)NCc1cc(F)ccc1N1CCC(C)(C)C1. The van der Waals surface area contributed by atoms with Gasteiger partial charge in [0.05, 0.1) is 0 Å². The fourth-order valence-corrected chi connectivity index (χ4v) is 2.64. The Morgan fingerprint density at radius 2 is 2.11 bits per heavy atom. The van der Waals surface area contributed by atoms with Crippen LogP contribution in [0.3, 0.4) is 0 Å². The highest BCUT2D eigenvalue weighted by Gasteiger charge is 2.30. The van der Waals surface area contributed by atoms with Crippen molar-refractivity contribution >= 4 is 5.69 Å². The molecule has 0 atom stereocenters. The van der Waals surface area contributed by atoms with Gasteiger partial charge < -0.3 is 10.2 Å². The third-order valence-electron chi connectivity index (χ3n) is 3.76. The average Bonchev–Trinajstić information content (AvgIpc) is 2.67. The van der Waals surface area contributed by atoms with Gasteiger partial charge >= 0.3 is 0 Å². The first-order valence-corrected chi connectivity index (χ1v) is 7.14. The van der Waals surface area contributed by atoms with E-state index in [1.54, 1.807) is 12.1 Å².